The minimum Gasteiger partial charge on any atom is -0.349 e. The molecule has 0 heterocycles. The molecule has 0 unspecified atom stereocenters. The molecule has 0 aliphatic rings. The summed E-state index contributed by atoms with van der Waals surface area (Å²) in [5.74, 6) is 0.185. The van der Waals surface area contributed by atoms with Crippen molar-refractivity contribution in [3.05, 3.63) is 0 Å². The van der Waals surface area contributed by atoms with Crippen LogP contribution in [0.4, 0.5) is 0 Å². The van der Waals surface area contributed by atoms with Crippen molar-refractivity contribution in [2.45, 2.75) is 13.8 Å². The number of amides is 2. The average Bonchev–Trinajstić information content (AvgIpc) is 2.08. The summed E-state index contributed by atoms with van der Waals surface area (Å²) >= 11 is 5.50. The zero-order valence-corrected chi connectivity index (χ0v) is 14.8. The van der Waals surface area contributed by atoms with Crippen molar-refractivity contribution < 1.29 is 9.59 Å². The Morgan fingerprint density at radius 1 is 0.800 bits per heavy atom. The van der Waals surface area contributed by atoms with Crippen molar-refractivity contribution in [3.63, 3.8) is 0 Å². The standard InChI is InChI=1S/2C4H9NO.Br2.BrH/c2*1-4(6)5(2)3;1-2;/h2*1-3H3;;1H. The molecule has 2 amide bonds. The molecule has 0 N–H and O–H groups in total. The van der Waals surface area contributed by atoms with Gasteiger partial charge in [-0.15, -0.1) is 17.0 Å². The van der Waals surface area contributed by atoms with Gasteiger partial charge in [-0.2, -0.15) is 0 Å². The van der Waals surface area contributed by atoms with Crippen LogP contribution in [0, 0.1) is 0 Å². The van der Waals surface area contributed by atoms with Crippen LogP contribution in [-0.2, 0) is 9.59 Å². The van der Waals surface area contributed by atoms with E-state index in [0.29, 0.717) is 0 Å². The molecule has 0 aromatic carbocycles. The first kappa shape index (κ1) is 24.6. The van der Waals surface area contributed by atoms with Gasteiger partial charge in [0, 0.05) is 70.3 Å². The van der Waals surface area contributed by atoms with Gasteiger partial charge >= 0.3 is 0 Å². The highest BCUT2D eigenvalue weighted by Gasteiger charge is 1.88. The van der Waals surface area contributed by atoms with Crippen LogP contribution < -0.4 is 0 Å². The summed E-state index contributed by atoms with van der Waals surface area (Å²) in [6.07, 6.45) is 0. The molecule has 0 rings (SSSR count). The molecule has 0 aromatic heterocycles. The summed E-state index contributed by atoms with van der Waals surface area (Å²) in [4.78, 5) is 23.2. The van der Waals surface area contributed by atoms with Crippen molar-refractivity contribution in [2.24, 2.45) is 0 Å². The zero-order chi connectivity index (χ0) is 12.3. The molecule has 15 heavy (non-hydrogen) atoms. The fraction of sp³-hybridized carbons (Fsp3) is 0.750. The number of halogens is 3. The Hall–Kier alpha value is 0.380. The molecule has 0 spiro atoms. The second-order valence-electron chi connectivity index (χ2n) is 2.83. The van der Waals surface area contributed by atoms with E-state index in [1.54, 1.807) is 28.2 Å². The topological polar surface area (TPSA) is 40.6 Å². The second-order valence-corrected chi connectivity index (χ2v) is 2.83. The van der Waals surface area contributed by atoms with Crippen LogP contribution >= 0.6 is 45.2 Å². The Kier molecular flexibility index (Phi) is 27.5. The molecule has 4 nitrogen and oxygen atoms in total. The Labute approximate surface area is 118 Å². The zero-order valence-electron chi connectivity index (χ0n) is 9.88. The second kappa shape index (κ2) is 16.8. The molecule has 0 atom stereocenters. The lowest BCUT2D eigenvalue weighted by Crippen LogP contribution is -2.17. The maximum Gasteiger partial charge on any atom is 0.218 e. The quantitative estimate of drug-likeness (QED) is 0.611. The predicted octanol–water partition coefficient (Wildman–Crippen LogP) is 2.46. The molecular formula is C8H19Br3N2O2. The summed E-state index contributed by atoms with van der Waals surface area (Å²) in [6, 6.07) is 0. The van der Waals surface area contributed by atoms with Gasteiger partial charge in [-0.3, -0.25) is 9.59 Å². The fourth-order valence-corrected chi connectivity index (χ4v) is 0. The molecule has 0 bridgehead atoms. The van der Waals surface area contributed by atoms with E-state index in [9.17, 15) is 9.59 Å². The van der Waals surface area contributed by atoms with Gasteiger partial charge in [-0.05, 0) is 0 Å². The van der Waals surface area contributed by atoms with Crippen LogP contribution in [-0.4, -0.2) is 49.8 Å². The number of hydrogen-bond donors (Lipinski definition) is 0. The Balaban J connectivity index is -0.0000000653. The third-order valence-corrected chi connectivity index (χ3v) is 1.26. The largest absolute Gasteiger partial charge is 0.349 e. The van der Waals surface area contributed by atoms with Crippen LogP contribution in [0.1, 0.15) is 13.8 Å². The summed E-state index contributed by atoms with van der Waals surface area (Å²) in [5, 5.41) is 0. The van der Waals surface area contributed by atoms with Crippen LogP contribution in [0.25, 0.3) is 0 Å². The summed E-state index contributed by atoms with van der Waals surface area (Å²) in [7, 11) is 6.90. The third-order valence-electron chi connectivity index (χ3n) is 1.26. The van der Waals surface area contributed by atoms with Gasteiger partial charge in [0.2, 0.25) is 11.8 Å². The van der Waals surface area contributed by atoms with Crippen molar-refractivity contribution in [3.8, 4) is 0 Å². The minimum absolute atomic E-state index is 0. The molecule has 0 aliphatic heterocycles. The van der Waals surface area contributed by atoms with E-state index < -0.39 is 0 Å². The third kappa shape index (κ3) is 31.4. The van der Waals surface area contributed by atoms with Gasteiger partial charge < -0.3 is 9.80 Å². The summed E-state index contributed by atoms with van der Waals surface area (Å²) in [5.41, 5.74) is 0. The number of nitrogens with zero attached hydrogens (tertiary/aromatic N) is 2. The van der Waals surface area contributed by atoms with Crippen molar-refractivity contribution in [2.75, 3.05) is 28.2 Å². The Morgan fingerprint density at radius 2 is 0.867 bits per heavy atom. The SMILES string of the molecule is Br.BrBr.CC(=O)N(C)C.CC(=O)N(C)C. The number of hydrogen-bond acceptors (Lipinski definition) is 2. The highest BCUT2D eigenvalue weighted by Crippen LogP contribution is 1.85. The Bertz CT molecular complexity index is 146. The van der Waals surface area contributed by atoms with Gasteiger partial charge in [0.15, 0.2) is 0 Å². The molecule has 7 heteroatoms. The van der Waals surface area contributed by atoms with E-state index in [4.69, 9.17) is 0 Å². The van der Waals surface area contributed by atoms with E-state index in [2.05, 4.69) is 28.3 Å². The van der Waals surface area contributed by atoms with E-state index in [-0.39, 0.29) is 28.8 Å². The van der Waals surface area contributed by atoms with Crippen LogP contribution in [0.2, 0.25) is 0 Å². The van der Waals surface area contributed by atoms with Crippen molar-refractivity contribution in [1.82, 2.24) is 9.80 Å². The summed E-state index contributed by atoms with van der Waals surface area (Å²) < 4.78 is 0. The molecule has 0 fully saturated rings. The first-order chi connectivity index (χ1) is 6.29. The van der Waals surface area contributed by atoms with Gasteiger partial charge in [-0.25, -0.2) is 0 Å². The van der Waals surface area contributed by atoms with Gasteiger partial charge in [0.25, 0.3) is 0 Å². The van der Waals surface area contributed by atoms with E-state index >= 15 is 0 Å². The molecule has 0 radical (unpaired) electrons. The highest BCUT2D eigenvalue weighted by atomic mass is 80.9. The molecule has 94 valence electrons. The lowest BCUT2D eigenvalue weighted by molar-refractivity contribution is -0.127. The van der Waals surface area contributed by atoms with Crippen LogP contribution in [0.3, 0.4) is 0 Å². The predicted molar refractivity (Wildman–Crippen MR) is 76.9 cm³/mol. The highest BCUT2D eigenvalue weighted by molar-refractivity contribution is 9.93. The maximum atomic E-state index is 10.1. The Morgan fingerprint density at radius 3 is 0.867 bits per heavy atom. The van der Waals surface area contributed by atoms with E-state index in [1.165, 1.54) is 23.6 Å². The van der Waals surface area contributed by atoms with Crippen molar-refractivity contribution >= 4 is 57.1 Å². The maximum absolute atomic E-state index is 10.1. The average molecular weight is 415 g/mol. The lowest BCUT2D eigenvalue weighted by Gasteiger charge is -2.02. The lowest BCUT2D eigenvalue weighted by atomic mass is 10.7. The number of rotatable bonds is 0. The van der Waals surface area contributed by atoms with Gasteiger partial charge in [-0.1, -0.05) is 0 Å². The summed E-state index contributed by atoms with van der Waals surface area (Å²) in [6.45, 7) is 3.06. The van der Waals surface area contributed by atoms with Crippen LogP contribution in [0.15, 0.2) is 0 Å². The number of carbonyl (C=O) groups excluding carboxylic acids is 2. The fourth-order valence-electron chi connectivity index (χ4n) is 0. The van der Waals surface area contributed by atoms with Crippen molar-refractivity contribution in [1.29, 1.82) is 0 Å². The normalized spacial score (nSPS) is 6.67. The molecule has 0 saturated carbocycles. The molecular weight excluding hydrogens is 396 g/mol. The molecule has 0 saturated heterocycles. The van der Waals surface area contributed by atoms with Gasteiger partial charge in [0.05, 0.1) is 0 Å². The van der Waals surface area contributed by atoms with E-state index in [0.717, 1.165) is 0 Å². The minimum atomic E-state index is 0. The molecule has 0 aromatic rings. The van der Waals surface area contributed by atoms with Gasteiger partial charge in [0.1, 0.15) is 0 Å². The molecule has 0 aliphatic carbocycles. The monoisotopic (exact) mass is 412 g/mol. The first-order valence-corrected chi connectivity index (χ1v) is 7.50. The van der Waals surface area contributed by atoms with E-state index in [1.807, 2.05) is 0 Å². The first-order valence-electron chi connectivity index (χ1n) is 3.79. The van der Waals surface area contributed by atoms with Crippen LogP contribution in [0.5, 0.6) is 0 Å². The smallest absolute Gasteiger partial charge is 0.218 e. The number of carbonyl (C=O) groups is 2.